The second-order valence-electron chi connectivity index (χ2n) is 7.90. The zero-order valence-corrected chi connectivity index (χ0v) is 15.3. The van der Waals surface area contributed by atoms with Crippen molar-refractivity contribution in [2.75, 3.05) is 0 Å². The molecule has 5 fully saturated rings. The average Bonchev–Trinajstić information content (AvgIpc) is 3.37. The SMILES string of the molecule is O=C1OC2C3OC4(CC5CC4CC5OC(=O)C(F)(F)S(=O)(=O)O)OC3OC2C1O. The summed E-state index contributed by atoms with van der Waals surface area (Å²) < 4.78 is 83.9. The predicted octanol–water partition coefficient (Wildman–Crippen LogP) is -1.07. The van der Waals surface area contributed by atoms with Gasteiger partial charge >= 0.3 is 27.3 Å². The Balaban J connectivity index is 1.25. The summed E-state index contributed by atoms with van der Waals surface area (Å²) in [5.74, 6) is -5.09. The lowest BCUT2D eigenvalue weighted by Crippen LogP contribution is -2.46. The van der Waals surface area contributed by atoms with Crippen LogP contribution in [0.5, 0.6) is 0 Å². The molecule has 162 valence electrons. The molecule has 29 heavy (non-hydrogen) atoms. The topological polar surface area (TPSA) is 155 Å². The van der Waals surface area contributed by atoms with Crippen molar-refractivity contribution >= 4 is 22.1 Å². The summed E-state index contributed by atoms with van der Waals surface area (Å²) in [7, 11) is -5.94. The Hall–Kier alpha value is -1.45. The lowest BCUT2D eigenvalue weighted by atomic mass is 9.91. The highest BCUT2D eigenvalue weighted by atomic mass is 32.2. The fraction of sp³-hybridized carbons (Fsp3) is 0.867. The molecule has 0 radical (unpaired) electrons. The summed E-state index contributed by atoms with van der Waals surface area (Å²) in [5.41, 5.74) is 0. The Labute approximate surface area is 161 Å². The summed E-state index contributed by atoms with van der Waals surface area (Å²) in [6, 6.07) is 0. The molecule has 2 aliphatic carbocycles. The maximum atomic E-state index is 13.4. The van der Waals surface area contributed by atoms with Gasteiger partial charge in [-0.15, -0.1) is 0 Å². The number of carbonyl (C=O) groups is 2. The molecule has 0 amide bonds. The number of alkyl halides is 2. The van der Waals surface area contributed by atoms with E-state index in [0.717, 1.165) is 0 Å². The van der Waals surface area contributed by atoms with Gasteiger partial charge in [-0.25, -0.2) is 9.59 Å². The van der Waals surface area contributed by atoms with Gasteiger partial charge < -0.3 is 28.8 Å². The molecule has 3 heterocycles. The van der Waals surface area contributed by atoms with Gasteiger partial charge in [-0.3, -0.25) is 4.55 Å². The van der Waals surface area contributed by atoms with E-state index in [-0.39, 0.29) is 18.8 Å². The highest BCUT2D eigenvalue weighted by Crippen LogP contribution is 2.59. The van der Waals surface area contributed by atoms with Crippen LogP contribution in [-0.4, -0.2) is 77.9 Å². The summed E-state index contributed by atoms with van der Waals surface area (Å²) in [6.07, 6.45) is -5.13. The Morgan fingerprint density at radius 3 is 2.55 bits per heavy atom. The molecule has 11 nitrogen and oxygen atoms in total. The van der Waals surface area contributed by atoms with E-state index in [2.05, 4.69) is 4.74 Å². The van der Waals surface area contributed by atoms with E-state index in [1.54, 1.807) is 0 Å². The van der Waals surface area contributed by atoms with Crippen molar-refractivity contribution in [3.63, 3.8) is 0 Å². The molecule has 0 aromatic rings. The van der Waals surface area contributed by atoms with E-state index in [4.69, 9.17) is 23.5 Å². The average molecular weight is 442 g/mol. The van der Waals surface area contributed by atoms with Gasteiger partial charge in [0.05, 0.1) is 0 Å². The fourth-order valence-electron chi connectivity index (χ4n) is 4.99. The van der Waals surface area contributed by atoms with Crippen LogP contribution in [0.4, 0.5) is 8.78 Å². The number of aliphatic hydroxyl groups is 1. The lowest BCUT2D eigenvalue weighted by Gasteiger charge is -2.36. The zero-order chi connectivity index (χ0) is 20.9. The predicted molar refractivity (Wildman–Crippen MR) is 80.4 cm³/mol. The first-order valence-electron chi connectivity index (χ1n) is 8.88. The molecule has 3 saturated heterocycles. The molecule has 9 atom stereocenters. The third-order valence-electron chi connectivity index (χ3n) is 6.28. The number of hydrogen-bond acceptors (Lipinski definition) is 10. The molecular weight excluding hydrogens is 426 g/mol. The second-order valence-corrected chi connectivity index (χ2v) is 9.36. The lowest BCUT2D eigenvalue weighted by molar-refractivity contribution is -0.260. The van der Waals surface area contributed by atoms with Crippen LogP contribution in [0.1, 0.15) is 19.3 Å². The molecular formula is C15H16F2O11S. The number of esters is 2. The van der Waals surface area contributed by atoms with Crippen molar-refractivity contribution in [2.45, 2.75) is 67.1 Å². The van der Waals surface area contributed by atoms with E-state index in [1.807, 2.05) is 0 Å². The van der Waals surface area contributed by atoms with Crippen LogP contribution in [0.15, 0.2) is 0 Å². The molecule has 0 aromatic carbocycles. The van der Waals surface area contributed by atoms with Gasteiger partial charge in [0.25, 0.3) is 0 Å². The van der Waals surface area contributed by atoms with Gasteiger partial charge in [-0.1, -0.05) is 0 Å². The van der Waals surface area contributed by atoms with Gasteiger partial charge in [0.2, 0.25) is 0 Å². The Morgan fingerprint density at radius 2 is 1.93 bits per heavy atom. The van der Waals surface area contributed by atoms with Crippen molar-refractivity contribution < 1.29 is 60.1 Å². The monoisotopic (exact) mass is 442 g/mol. The number of aliphatic hydroxyl groups excluding tert-OH is 1. The van der Waals surface area contributed by atoms with Crippen molar-refractivity contribution in [1.29, 1.82) is 0 Å². The van der Waals surface area contributed by atoms with Gasteiger partial charge in [-0.05, 0) is 12.8 Å². The van der Waals surface area contributed by atoms with Crippen molar-refractivity contribution in [2.24, 2.45) is 11.8 Å². The van der Waals surface area contributed by atoms with Gasteiger partial charge in [0, 0.05) is 18.3 Å². The van der Waals surface area contributed by atoms with Crippen molar-refractivity contribution in [1.82, 2.24) is 0 Å². The number of ether oxygens (including phenoxy) is 5. The number of fused-ring (bicyclic) bond motifs is 6. The Morgan fingerprint density at radius 1 is 1.21 bits per heavy atom. The smallest absolute Gasteiger partial charge is 0.457 e. The first kappa shape index (κ1) is 19.5. The van der Waals surface area contributed by atoms with Crippen LogP contribution in [-0.2, 0) is 43.4 Å². The van der Waals surface area contributed by atoms with E-state index in [1.165, 1.54) is 0 Å². The van der Waals surface area contributed by atoms with Crippen LogP contribution in [0.25, 0.3) is 0 Å². The molecule has 5 rings (SSSR count). The number of rotatable bonds is 3. The van der Waals surface area contributed by atoms with Crippen LogP contribution in [0, 0.1) is 11.8 Å². The summed E-state index contributed by atoms with van der Waals surface area (Å²) in [4.78, 5) is 23.0. The zero-order valence-electron chi connectivity index (χ0n) is 14.5. The number of carbonyl (C=O) groups excluding carboxylic acids is 2. The largest absolute Gasteiger partial charge is 0.465 e. The molecule has 2 bridgehead atoms. The minimum atomic E-state index is -5.94. The normalized spacial score (nSPS) is 48.1. The fourth-order valence-corrected chi connectivity index (χ4v) is 5.25. The summed E-state index contributed by atoms with van der Waals surface area (Å²) in [5, 5.41) is 4.69. The maximum Gasteiger partial charge on any atom is 0.465 e. The van der Waals surface area contributed by atoms with E-state index >= 15 is 0 Å². The molecule has 5 aliphatic rings. The summed E-state index contributed by atoms with van der Waals surface area (Å²) >= 11 is 0. The Bertz CT molecular complexity index is 877. The molecule has 3 aliphatic heterocycles. The number of halogens is 2. The second kappa shape index (κ2) is 5.82. The molecule has 14 heteroatoms. The first-order valence-corrected chi connectivity index (χ1v) is 10.3. The minimum absolute atomic E-state index is 0.0773. The summed E-state index contributed by atoms with van der Waals surface area (Å²) in [6.45, 7) is 0. The highest BCUT2D eigenvalue weighted by molar-refractivity contribution is 7.87. The van der Waals surface area contributed by atoms with Gasteiger partial charge in [0.1, 0.15) is 12.2 Å². The third-order valence-corrected chi connectivity index (χ3v) is 7.10. The van der Waals surface area contributed by atoms with Crippen LogP contribution < -0.4 is 0 Å². The highest BCUT2D eigenvalue weighted by Gasteiger charge is 2.70. The molecule has 9 unspecified atom stereocenters. The van der Waals surface area contributed by atoms with Crippen molar-refractivity contribution in [3.05, 3.63) is 0 Å². The van der Waals surface area contributed by atoms with Crippen LogP contribution >= 0.6 is 0 Å². The maximum absolute atomic E-state index is 13.4. The molecule has 1 spiro atoms. The quantitative estimate of drug-likeness (QED) is 0.405. The van der Waals surface area contributed by atoms with E-state index in [0.29, 0.717) is 6.42 Å². The van der Waals surface area contributed by atoms with Gasteiger partial charge in [-0.2, -0.15) is 17.2 Å². The van der Waals surface area contributed by atoms with Gasteiger partial charge in [0.15, 0.2) is 30.4 Å². The van der Waals surface area contributed by atoms with E-state index < -0.39 is 75.8 Å². The minimum Gasteiger partial charge on any atom is -0.457 e. The Kier molecular flexibility index (Phi) is 3.92. The molecule has 2 N–H and O–H groups in total. The molecule has 0 aromatic heterocycles. The van der Waals surface area contributed by atoms with Crippen molar-refractivity contribution in [3.8, 4) is 0 Å². The molecule has 2 saturated carbocycles. The van der Waals surface area contributed by atoms with E-state index in [9.17, 15) is 31.9 Å². The van der Waals surface area contributed by atoms with Crippen LogP contribution in [0.3, 0.4) is 0 Å². The first-order chi connectivity index (χ1) is 13.4. The standard InChI is InChI=1S/C15H16F2O11S/c16-15(17,29(21,22)23)13(20)24-6-2-5-1-4(6)3-14(5)27-10-9-8(26-12(10)28-14)7(18)11(19)25-9/h4-10,12,18H,1-3H2,(H,21,22,23). The third kappa shape index (κ3) is 2.59. The number of hydrogen-bond donors (Lipinski definition) is 2. The van der Waals surface area contributed by atoms with Crippen LogP contribution in [0.2, 0.25) is 0 Å².